The van der Waals surface area contributed by atoms with Gasteiger partial charge in [0.25, 0.3) is 5.91 Å². The molecule has 1 fully saturated rings. The second-order valence-electron chi connectivity index (χ2n) is 6.51. The van der Waals surface area contributed by atoms with E-state index < -0.39 is 0 Å². The minimum atomic E-state index is -0.171. The number of amides is 2. The number of hydrogen-bond acceptors (Lipinski definition) is 4. The number of hydrogen-bond donors (Lipinski definition) is 1. The number of benzene rings is 1. The Balaban J connectivity index is 1.89. The SMILES string of the molecule is COCCNC(=O)[C@@H]1CC[C@@H](C)N(C(=O)COc2ccccc2C)C1. The Morgan fingerprint density at radius 1 is 1.28 bits per heavy atom. The van der Waals surface area contributed by atoms with Crippen molar-refractivity contribution in [1.29, 1.82) is 0 Å². The van der Waals surface area contributed by atoms with E-state index in [1.165, 1.54) is 0 Å². The predicted molar refractivity (Wildman–Crippen MR) is 95.5 cm³/mol. The highest BCUT2D eigenvalue weighted by Crippen LogP contribution is 2.23. The smallest absolute Gasteiger partial charge is 0.260 e. The molecule has 6 nitrogen and oxygen atoms in total. The predicted octanol–water partition coefficient (Wildman–Crippen LogP) is 1.76. The maximum atomic E-state index is 12.6. The first kappa shape index (κ1) is 19.2. The van der Waals surface area contributed by atoms with Gasteiger partial charge in [0, 0.05) is 26.2 Å². The van der Waals surface area contributed by atoms with Crippen LogP contribution in [0, 0.1) is 12.8 Å². The van der Waals surface area contributed by atoms with Crippen LogP contribution in [0.15, 0.2) is 24.3 Å². The first-order chi connectivity index (χ1) is 12.0. The molecule has 0 aliphatic carbocycles. The molecule has 6 heteroatoms. The van der Waals surface area contributed by atoms with Gasteiger partial charge in [-0.3, -0.25) is 9.59 Å². The van der Waals surface area contributed by atoms with E-state index in [0.29, 0.717) is 19.7 Å². The summed E-state index contributed by atoms with van der Waals surface area (Å²) in [4.78, 5) is 26.6. The van der Waals surface area contributed by atoms with E-state index in [2.05, 4.69) is 5.32 Å². The van der Waals surface area contributed by atoms with E-state index in [-0.39, 0.29) is 30.4 Å². The molecule has 138 valence electrons. The molecule has 1 aromatic carbocycles. The van der Waals surface area contributed by atoms with Gasteiger partial charge in [-0.2, -0.15) is 0 Å². The summed E-state index contributed by atoms with van der Waals surface area (Å²) in [5, 5.41) is 2.86. The first-order valence-electron chi connectivity index (χ1n) is 8.77. The molecule has 0 spiro atoms. The third-order valence-electron chi connectivity index (χ3n) is 4.62. The summed E-state index contributed by atoms with van der Waals surface area (Å²) in [6, 6.07) is 7.74. The first-order valence-corrected chi connectivity index (χ1v) is 8.77. The number of nitrogens with zero attached hydrogens (tertiary/aromatic N) is 1. The molecule has 2 rings (SSSR count). The highest BCUT2D eigenvalue weighted by molar-refractivity contribution is 5.82. The summed E-state index contributed by atoms with van der Waals surface area (Å²) < 4.78 is 10.6. The van der Waals surface area contributed by atoms with Gasteiger partial charge in [0.15, 0.2) is 6.61 Å². The zero-order valence-electron chi connectivity index (χ0n) is 15.3. The number of aryl methyl sites for hydroxylation is 1. The molecule has 0 saturated carbocycles. The van der Waals surface area contributed by atoms with Gasteiger partial charge in [-0.1, -0.05) is 18.2 Å². The number of para-hydroxylation sites is 1. The Morgan fingerprint density at radius 3 is 2.76 bits per heavy atom. The topological polar surface area (TPSA) is 67.9 Å². The molecule has 1 N–H and O–H groups in total. The standard InChI is InChI=1S/C19H28N2O4/c1-14-6-4-5-7-17(14)25-13-18(22)21-12-16(9-8-15(21)2)19(23)20-10-11-24-3/h4-7,15-16H,8-13H2,1-3H3,(H,20,23)/t15-,16-/m1/s1. The fraction of sp³-hybridized carbons (Fsp3) is 0.579. The molecular formula is C19H28N2O4. The molecular weight excluding hydrogens is 320 g/mol. The molecule has 2 atom stereocenters. The Kier molecular flexibility index (Phi) is 7.25. The van der Waals surface area contributed by atoms with E-state index in [4.69, 9.17) is 9.47 Å². The van der Waals surface area contributed by atoms with E-state index >= 15 is 0 Å². The Bertz CT molecular complexity index is 591. The van der Waals surface area contributed by atoms with Crippen LogP contribution in [0.1, 0.15) is 25.3 Å². The number of nitrogens with one attached hydrogen (secondary N) is 1. The normalized spacial score (nSPS) is 20.2. The molecule has 1 heterocycles. The second-order valence-corrected chi connectivity index (χ2v) is 6.51. The van der Waals surface area contributed by atoms with Crippen molar-refractivity contribution < 1.29 is 19.1 Å². The van der Waals surface area contributed by atoms with Crippen molar-refractivity contribution in [3.63, 3.8) is 0 Å². The highest BCUT2D eigenvalue weighted by Gasteiger charge is 2.32. The summed E-state index contributed by atoms with van der Waals surface area (Å²) in [7, 11) is 1.60. The zero-order chi connectivity index (χ0) is 18.2. The zero-order valence-corrected chi connectivity index (χ0v) is 15.3. The minimum Gasteiger partial charge on any atom is -0.484 e. The molecule has 1 aromatic rings. The fourth-order valence-corrected chi connectivity index (χ4v) is 3.03. The van der Waals surface area contributed by atoms with Crippen LogP contribution < -0.4 is 10.1 Å². The lowest BCUT2D eigenvalue weighted by Crippen LogP contribution is -2.51. The Hall–Kier alpha value is -2.08. The van der Waals surface area contributed by atoms with Gasteiger partial charge in [0.2, 0.25) is 5.91 Å². The minimum absolute atomic E-state index is 0.00674. The number of methoxy groups -OCH3 is 1. The molecule has 0 unspecified atom stereocenters. The summed E-state index contributed by atoms with van der Waals surface area (Å²) >= 11 is 0. The molecule has 1 aliphatic heterocycles. The molecule has 0 aromatic heterocycles. The van der Waals surface area contributed by atoms with Gasteiger partial charge < -0.3 is 19.7 Å². The fourth-order valence-electron chi connectivity index (χ4n) is 3.03. The largest absolute Gasteiger partial charge is 0.484 e. The van der Waals surface area contributed by atoms with Crippen LogP contribution in [0.5, 0.6) is 5.75 Å². The quantitative estimate of drug-likeness (QED) is 0.763. The van der Waals surface area contributed by atoms with Crippen LogP contribution in [-0.2, 0) is 14.3 Å². The molecule has 1 saturated heterocycles. The van der Waals surface area contributed by atoms with Gasteiger partial charge in [0.05, 0.1) is 12.5 Å². The number of ether oxygens (including phenoxy) is 2. The monoisotopic (exact) mass is 348 g/mol. The Morgan fingerprint density at radius 2 is 2.04 bits per heavy atom. The lowest BCUT2D eigenvalue weighted by atomic mass is 9.92. The molecule has 2 amide bonds. The van der Waals surface area contributed by atoms with Crippen LogP contribution in [0.2, 0.25) is 0 Å². The lowest BCUT2D eigenvalue weighted by Gasteiger charge is -2.37. The van der Waals surface area contributed by atoms with Crippen molar-refractivity contribution in [3.8, 4) is 5.75 Å². The summed E-state index contributed by atoms with van der Waals surface area (Å²) in [6.45, 7) is 5.38. The van der Waals surface area contributed by atoms with Crippen molar-refractivity contribution in [3.05, 3.63) is 29.8 Å². The number of rotatable bonds is 7. The van der Waals surface area contributed by atoms with Crippen LogP contribution in [-0.4, -0.2) is 56.2 Å². The number of carbonyl (C=O) groups is 2. The summed E-state index contributed by atoms with van der Waals surface area (Å²) in [5.41, 5.74) is 0.998. The van der Waals surface area contributed by atoms with Gasteiger partial charge >= 0.3 is 0 Å². The number of piperidine rings is 1. The van der Waals surface area contributed by atoms with Gasteiger partial charge in [-0.05, 0) is 38.3 Å². The average Bonchev–Trinajstić information content (AvgIpc) is 2.61. The highest BCUT2D eigenvalue weighted by atomic mass is 16.5. The van der Waals surface area contributed by atoms with E-state index in [1.54, 1.807) is 12.0 Å². The molecule has 0 bridgehead atoms. The van der Waals surface area contributed by atoms with Crippen molar-refractivity contribution in [2.45, 2.75) is 32.7 Å². The van der Waals surface area contributed by atoms with E-state index in [0.717, 1.165) is 24.2 Å². The van der Waals surface area contributed by atoms with E-state index in [1.807, 2.05) is 38.1 Å². The molecule has 1 aliphatic rings. The number of likely N-dealkylation sites (tertiary alicyclic amines) is 1. The maximum absolute atomic E-state index is 12.6. The van der Waals surface area contributed by atoms with Crippen molar-refractivity contribution >= 4 is 11.8 Å². The van der Waals surface area contributed by atoms with Crippen LogP contribution in [0.25, 0.3) is 0 Å². The third kappa shape index (κ3) is 5.46. The van der Waals surface area contributed by atoms with Crippen molar-refractivity contribution in [2.24, 2.45) is 5.92 Å². The molecule has 25 heavy (non-hydrogen) atoms. The molecule has 0 radical (unpaired) electrons. The van der Waals surface area contributed by atoms with Crippen LogP contribution in [0.4, 0.5) is 0 Å². The summed E-state index contributed by atoms with van der Waals surface area (Å²) in [5.74, 6) is 0.455. The van der Waals surface area contributed by atoms with Crippen molar-refractivity contribution in [2.75, 3.05) is 33.4 Å². The number of carbonyl (C=O) groups excluding carboxylic acids is 2. The maximum Gasteiger partial charge on any atom is 0.260 e. The van der Waals surface area contributed by atoms with Crippen molar-refractivity contribution in [1.82, 2.24) is 10.2 Å². The van der Waals surface area contributed by atoms with Crippen LogP contribution >= 0.6 is 0 Å². The van der Waals surface area contributed by atoms with E-state index in [9.17, 15) is 9.59 Å². The van der Waals surface area contributed by atoms with Gasteiger partial charge in [0.1, 0.15) is 5.75 Å². The average molecular weight is 348 g/mol. The lowest BCUT2D eigenvalue weighted by molar-refractivity contribution is -0.140. The third-order valence-corrected chi connectivity index (χ3v) is 4.62. The van der Waals surface area contributed by atoms with Gasteiger partial charge in [-0.15, -0.1) is 0 Å². The van der Waals surface area contributed by atoms with Gasteiger partial charge in [-0.25, -0.2) is 0 Å². The Labute approximate surface area is 149 Å². The summed E-state index contributed by atoms with van der Waals surface area (Å²) in [6.07, 6.45) is 1.61. The second kappa shape index (κ2) is 9.42. The van der Waals surface area contributed by atoms with Crippen LogP contribution in [0.3, 0.4) is 0 Å².